The van der Waals surface area contributed by atoms with Gasteiger partial charge in [-0.1, -0.05) is 41.5 Å². The van der Waals surface area contributed by atoms with Gasteiger partial charge in [-0.25, -0.2) is 9.97 Å². The number of rotatable bonds is 2. The highest BCUT2D eigenvalue weighted by Crippen LogP contribution is 2.24. The Morgan fingerprint density at radius 1 is 1.00 bits per heavy atom. The molecule has 0 atom stereocenters. The van der Waals surface area contributed by atoms with Crippen molar-refractivity contribution in [2.24, 2.45) is 0 Å². The predicted molar refractivity (Wildman–Crippen MR) is 77.0 cm³/mol. The molecule has 0 radical (unpaired) electrons. The lowest BCUT2D eigenvalue weighted by atomic mass is 9.98. The molecule has 0 aliphatic carbocycles. The van der Waals surface area contributed by atoms with E-state index in [0.29, 0.717) is 11.8 Å². The van der Waals surface area contributed by atoms with E-state index in [4.69, 9.17) is 9.97 Å². The second-order valence-corrected chi connectivity index (χ2v) is 5.13. The Bertz CT molecular complexity index is 384. The molecule has 1 aliphatic rings. The van der Waals surface area contributed by atoms with Crippen LogP contribution < -0.4 is 5.32 Å². The molecule has 0 amide bonds. The molecule has 3 nitrogen and oxygen atoms in total. The average molecular weight is 249 g/mol. The van der Waals surface area contributed by atoms with Gasteiger partial charge < -0.3 is 5.32 Å². The minimum atomic E-state index is 0.415. The molecule has 1 aromatic heterocycles. The van der Waals surface area contributed by atoms with Crippen molar-refractivity contribution < 1.29 is 0 Å². The third kappa shape index (κ3) is 3.29. The van der Waals surface area contributed by atoms with E-state index in [1.807, 2.05) is 13.8 Å². The van der Waals surface area contributed by atoms with Crippen LogP contribution in [0.1, 0.15) is 76.2 Å². The van der Waals surface area contributed by atoms with Crippen LogP contribution in [0.4, 0.5) is 0 Å². The highest BCUT2D eigenvalue weighted by molar-refractivity contribution is 5.30. The molecule has 0 bridgehead atoms. The van der Waals surface area contributed by atoms with Gasteiger partial charge in [-0.05, 0) is 5.92 Å². The summed E-state index contributed by atoms with van der Waals surface area (Å²) in [5, 5.41) is 3.40. The summed E-state index contributed by atoms with van der Waals surface area (Å²) in [5.41, 5.74) is 3.84. The fourth-order valence-electron chi connectivity index (χ4n) is 2.12. The van der Waals surface area contributed by atoms with E-state index in [1.165, 1.54) is 17.0 Å². The molecule has 0 unspecified atom stereocenters. The van der Waals surface area contributed by atoms with Gasteiger partial charge in [0, 0.05) is 31.0 Å². The number of hydrogen-bond acceptors (Lipinski definition) is 3. The summed E-state index contributed by atoms with van der Waals surface area (Å²) < 4.78 is 0. The van der Waals surface area contributed by atoms with Crippen molar-refractivity contribution in [2.75, 3.05) is 6.54 Å². The summed E-state index contributed by atoms with van der Waals surface area (Å²) in [4.78, 5) is 9.44. The second-order valence-electron chi connectivity index (χ2n) is 5.13. The van der Waals surface area contributed by atoms with Gasteiger partial charge in [0.1, 0.15) is 5.82 Å². The van der Waals surface area contributed by atoms with E-state index < -0.39 is 0 Å². The van der Waals surface area contributed by atoms with Crippen LogP contribution >= 0.6 is 0 Å². The minimum Gasteiger partial charge on any atom is -0.312 e. The zero-order valence-corrected chi connectivity index (χ0v) is 12.7. The lowest BCUT2D eigenvalue weighted by Crippen LogP contribution is -2.27. The number of nitrogens with zero attached hydrogens (tertiary/aromatic N) is 2. The van der Waals surface area contributed by atoms with Crippen molar-refractivity contribution in [3.8, 4) is 0 Å². The number of aromatic nitrogens is 2. The molecular weight excluding hydrogens is 222 g/mol. The zero-order chi connectivity index (χ0) is 13.7. The maximum atomic E-state index is 4.73. The minimum absolute atomic E-state index is 0.415. The zero-order valence-electron chi connectivity index (χ0n) is 12.7. The molecule has 1 aliphatic heterocycles. The Kier molecular flexibility index (Phi) is 5.73. The lowest BCUT2D eigenvalue weighted by Gasteiger charge is -2.22. The molecule has 0 aromatic carbocycles. The molecule has 1 N–H and O–H groups in total. The van der Waals surface area contributed by atoms with Crippen LogP contribution in [0.25, 0.3) is 0 Å². The second kappa shape index (κ2) is 6.83. The van der Waals surface area contributed by atoms with Gasteiger partial charge in [0.25, 0.3) is 0 Å². The predicted octanol–water partition coefficient (Wildman–Crippen LogP) is 3.40. The number of hydrogen-bond donors (Lipinski definition) is 1. The van der Waals surface area contributed by atoms with Gasteiger partial charge >= 0.3 is 0 Å². The Morgan fingerprint density at radius 2 is 1.67 bits per heavy atom. The van der Waals surface area contributed by atoms with Gasteiger partial charge in [0.15, 0.2) is 0 Å². The fraction of sp³-hybridized carbons (Fsp3) is 0.733. The van der Waals surface area contributed by atoms with E-state index in [-0.39, 0.29) is 0 Å². The molecule has 0 spiro atoms. The Hall–Kier alpha value is -0.960. The quantitative estimate of drug-likeness (QED) is 0.873. The molecule has 102 valence electrons. The van der Waals surface area contributed by atoms with Crippen LogP contribution in [0, 0.1) is 0 Å². The summed E-state index contributed by atoms with van der Waals surface area (Å²) in [6.07, 6.45) is 1.04. The first-order valence-corrected chi connectivity index (χ1v) is 7.20. The Morgan fingerprint density at radius 3 is 2.22 bits per heavy atom. The highest BCUT2D eigenvalue weighted by Gasteiger charge is 2.19. The van der Waals surface area contributed by atoms with Crippen LogP contribution in [-0.4, -0.2) is 16.5 Å². The summed E-state index contributed by atoms with van der Waals surface area (Å²) in [5.74, 6) is 1.90. The number of nitrogens with one attached hydrogen (secondary N) is 1. The Balaban J connectivity index is 0.000000771. The largest absolute Gasteiger partial charge is 0.312 e. The highest BCUT2D eigenvalue weighted by atomic mass is 15.0. The first kappa shape index (κ1) is 15.1. The van der Waals surface area contributed by atoms with Crippen LogP contribution in [0.2, 0.25) is 0 Å². The van der Waals surface area contributed by atoms with Crippen molar-refractivity contribution in [1.82, 2.24) is 15.3 Å². The van der Waals surface area contributed by atoms with Gasteiger partial charge in [-0.2, -0.15) is 0 Å². The Labute approximate surface area is 111 Å². The van der Waals surface area contributed by atoms with Crippen LogP contribution in [-0.2, 0) is 13.0 Å². The van der Waals surface area contributed by atoms with Crippen molar-refractivity contribution in [1.29, 1.82) is 0 Å². The lowest BCUT2D eigenvalue weighted by molar-refractivity contribution is 0.593. The van der Waals surface area contributed by atoms with Crippen LogP contribution in [0.15, 0.2) is 0 Å². The van der Waals surface area contributed by atoms with Crippen molar-refractivity contribution in [3.05, 3.63) is 22.8 Å². The number of fused-ring (bicyclic) bond motifs is 1. The van der Waals surface area contributed by atoms with Gasteiger partial charge in [0.2, 0.25) is 0 Å². The van der Waals surface area contributed by atoms with Crippen molar-refractivity contribution in [2.45, 2.75) is 66.3 Å². The smallest absolute Gasteiger partial charge is 0.131 e. The molecular formula is C15H27N3. The maximum Gasteiger partial charge on any atom is 0.131 e. The van der Waals surface area contributed by atoms with E-state index in [2.05, 4.69) is 33.0 Å². The summed E-state index contributed by atoms with van der Waals surface area (Å²) in [7, 11) is 0. The topological polar surface area (TPSA) is 37.8 Å². The van der Waals surface area contributed by atoms with Gasteiger partial charge in [-0.3, -0.25) is 0 Å². The van der Waals surface area contributed by atoms with Crippen molar-refractivity contribution in [3.63, 3.8) is 0 Å². The first-order chi connectivity index (χ1) is 8.59. The first-order valence-electron chi connectivity index (χ1n) is 7.20. The van der Waals surface area contributed by atoms with Crippen LogP contribution in [0.5, 0.6) is 0 Å². The molecule has 2 heterocycles. The van der Waals surface area contributed by atoms with E-state index in [1.54, 1.807) is 0 Å². The van der Waals surface area contributed by atoms with E-state index in [0.717, 1.165) is 25.3 Å². The van der Waals surface area contributed by atoms with Crippen molar-refractivity contribution >= 4 is 0 Å². The molecule has 0 fully saturated rings. The molecule has 0 saturated carbocycles. The molecule has 0 saturated heterocycles. The normalized spacial score (nSPS) is 14.2. The van der Waals surface area contributed by atoms with Gasteiger partial charge in [0.05, 0.1) is 11.4 Å². The van der Waals surface area contributed by atoms with Gasteiger partial charge in [-0.15, -0.1) is 0 Å². The third-order valence-electron chi connectivity index (χ3n) is 3.05. The molecule has 18 heavy (non-hydrogen) atoms. The standard InChI is InChI=1S/C13H21N3.C2H6/c1-8(2)12-10-7-14-6-5-11(10)15-13(16-12)9(3)4;1-2/h8-9,14H,5-7H2,1-4H3;1-2H3. The third-order valence-corrected chi connectivity index (χ3v) is 3.05. The average Bonchev–Trinajstić information content (AvgIpc) is 2.39. The monoisotopic (exact) mass is 249 g/mol. The summed E-state index contributed by atoms with van der Waals surface area (Å²) in [6.45, 7) is 14.7. The fourth-order valence-corrected chi connectivity index (χ4v) is 2.12. The van der Waals surface area contributed by atoms with E-state index in [9.17, 15) is 0 Å². The maximum absolute atomic E-state index is 4.73. The summed E-state index contributed by atoms with van der Waals surface area (Å²) in [6, 6.07) is 0. The van der Waals surface area contributed by atoms with E-state index >= 15 is 0 Å². The molecule has 1 aromatic rings. The molecule has 3 heteroatoms. The van der Waals surface area contributed by atoms with Crippen LogP contribution in [0.3, 0.4) is 0 Å². The SMILES string of the molecule is CC.CC(C)c1nc2c(c(C(C)C)n1)CNCC2. The molecule has 2 rings (SSSR count). The summed E-state index contributed by atoms with van der Waals surface area (Å²) >= 11 is 0.